The summed E-state index contributed by atoms with van der Waals surface area (Å²) >= 11 is 0. The predicted octanol–water partition coefficient (Wildman–Crippen LogP) is 3.52. The van der Waals surface area contributed by atoms with E-state index in [1.54, 1.807) is 12.1 Å². The monoisotopic (exact) mass is 242 g/mol. The first kappa shape index (κ1) is 12.1. The van der Waals surface area contributed by atoms with Gasteiger partial charge < -0.3 is 5.32 Å². The van der Waals surface area contributed by atoms with Crippen LogP contribution in [0.2, 0.25) is 0 Å². The number of nitro benzene ring substituents is 1. The summed E-state index contributed by atoms with van der Waals surface area (Å²) in [6, 6.07) is 14.9. The summed E-state index contributed by atoms with van der Waals surface area (Å²) < 4.78 is 0. The van der Waals surface area contributed by atoms with Crippen molar-refractivity contribution in [3.05, 3.63) is 69.8 Å². The van der Waals surface area contributed by atoms with Crippen molar-refractivity contribution in [3.8, 4) is 0 Å². The van der Waals surface area contributed by atoms with Crippen LogP contribution in [0.15, 0.2) is 48.5 Å². The van der Waals surface area contributed by atoms with Crippen molar-refractivity contribution >= 4 is 11.4 Å². The average Bonchev–Trinajstić information content (AvgIpc) is 2.37. The van der Waals surface area contributed by atoms with Crippen LogP contribution in [0.25, 0.3) is 0 Å². The number of nitrogens with one attached hydrogen (secondary N) is 1. The predicted molar refractivity (Wildman–Crippen MR) is 71.6 cm³/mol. The van der Waals surface area contributed by atoms with Gasteiger partial charge in [-0.3, -0.25) is 10.1 Å². The molecule has 0 saturated carbocycles. The molecule has 4 heteroatoms. The third kappa shape index (κ3) is 2.85. The normalized spacial score (nSPS) is 10.1. The summed E-state index contributed by atoms with van der Waals surface area (Å²) in [6.07, 6.45) is 0. The van der Waals surface area contributed by atoms with Gasteiger partial charge in [0.15, 0.2) is 0 Å². The molecule has 4 nitrogen and oxygen atoms in total. The number of anilines is 1. The molecule has 2 aromatic rings. The maximum Gasteiger partial charge on any atom is 0.292 e. The first-order chi connectivity index (χ1) is 8.66. The van der Waals surface area contributed by atoms with E-state index in [2.05, 4.69) is 5.32 Å². The molecule has 0 aliphatic carbocycles. The third-order valence-electron chi connectivity index (χ3n) is 2.67. The Morgan fingerprint density at radius 1 is 1.17 bits per heavy atom. The zero-order valence-corrected chi connectivity index (χ0v) is 10.1. The highest BCUT2D eigenvalue weighted by molar-refractivity contribution is 5.62. The van der Waals surface area contributed by atoms with E-state index in [1.165, 1.54) is 6.07 Å². The highest BCUT2D eigenvalue weighted by Crippen LogP contribution is 2.25. The van der Waals surface area contributed by atoms with Crippen LogP contribution in [-0.2, 0) is 6.54 Å². The van der Waals surface area contributed by atoms with Crippen LogP contribution in [0.3, 0.4) is 0 Å². The van der Waals surface area contributed by atoms with Crippen LogP contribution in [0.4, 0.5) is 11.4 Å². The van der Waals surface area contributed by atoms with Crippen molar-refractivity contribution in [1.29, 1.82) is 0 Å². The zero-order chi connectivity index (χ0) is 13.0. The summed E-state index contributed by atoms with van der Waals surface area (Å²) in [4.78, 5) is 10.5. The maximum atomic E-state index is 10.9. The number of nitrogens with zero attached hydrogens (tertiary/aromatic N) is 1. The Morgan fingerprint density at radius 2 is 1.89 bits per heavy atom. The largest absolute Gasteiger partial charge is 0.375 e. The molecule has 0 atom stereocenters. The lowest BCUT2D eigenvalue weighted by atomic mass is 10.1. The minimum atomic E-state index is -0.368. The fourth-order valence-corrected chi connectivity index (χ4v) is 1.74. The Kier molecular flexibility index (Phi) is 3.57. The molecule has 0 aliphatic heterocycles. The van der Waals surface area contributed by atoms with Crippen LogP contribution in [0, 0.1) is 17.0 Å². The molecule has 0 aromatic heterocycles. The summed E-state index contributed by atoms with van der Waals surface area (Å²) in [5.74, 6) is 0. The Labute approximate surface area is 105 Å². The molecule has 1 N–H and O–H groups in total. The van der Waals surface area contributed by atoms with Gasteiger partial charge in [-0.15, -0.1) is 0 Å². The van der Waals surface area contributed by atoms with E-state index in [1.807, 2.05) is 37.3 Å². The fourth-order valence-electron chi connectivity index (χ4n) is 1.74. The lowest BCUT2D eigenvalue weighted by Gasteiger charge is -2.08. The molecule has 18 heavy (non-hydrogen) atoms. The summed E-state index contributed by atoms with van der Waals surface area (Å²) in [6.45, 7) is 2.49. The molecule has 0 spiro atoms. The van der Waals surface area contributed by atoms with Gasteiger partial charge >= 0.3 is 0 Å². The zero-order valence-electron chi connectivity index (χ0n) is 10.1. The van der Waals surface area contributed by atoms with Gasteiger partial charge in [0, 0.05) is 12.6 Å². The second-order valence-electron chi connectivity index (χ2n) is 4.12. The van der Waals surface area contributed by atoms with Gasteiger partial charge in [0.05, 0.1) is 4.92 Å². The number of nitro groups is 1. The number of hydrogen-bond donors (Lipinski definition) is 1. The van der Waals surface area contributed by atoms with Crippen LogP contribution in [-0.4, -0.2) is 4.92 Å². The highest BCUT2D eigenvalue weighted by atomic mass is 16.6. The van der Waals surface area contributed by atoms with Crippen molar-refractivity contribution < 1.29 is 4.92 Å². The molecule has 0 bridgehead atoms. The van der Waals surface area contributed by atoms with Crippen LogP contribution >= 0.6 is 0 Å². The summed E-state index contributed by atoms with van der Waals surface area (Å²) in [5, 5.41) is 14.0. The molecule has 0 fully saturated rings. The van der Waals surface area contributed by atoms with Crippen molar-refractivity contribution in [1.82, 2.24) is 0 Å². The molecule has 0 aliphatic rings. The smallest absolute Gasteiger partial charge is 0.292 e. The van der Waals surface area contributed by atoms with Crippen LogP contribution in [0.1, 0.15) is 11.1 Å². The molecule has 2 rings (SSSR count). The fraction of sp³-hybridized carbons (Fsp3) is 0.143. The molecule has 0 radical (unpaired) electrons. The number of hydrogen-bond acceptors (Lipinski definition) is 3. The van der Waals surface area contributed by atoms with Gasteiger partial charge in [-0.2, -0.15) is 0 Å². The molecular formula is C14H14N2O2. The van der Waals surface area contributed by atoms with E-state index in [0.717, 1.165) is 11.1 Å². The highest BCUT2D eigenvalue weighted by Gasteiger charge is 2.12. The maximum absolute atomic E-state index is 10.9. The molecule has 0 unspecified atom stereocenters. The summed E-state index contributed by atoms with van der Waals surface area (Å²) in [5.41, 5.74) is 2.75. The van der Waals surface area contributed by atoms with E-state index in [9.17, 15) is 10.1 Å². The lowest BCUT2D eigenvalue weighted by molar-refractivity contribution is -0.384. The molecule has 0 heterocycles. The lowest BCUT2D eigenvalue weighted by Crippen LogP contribution is -2.02. The van der Waals surface area contributed by atoms with E-state index >= 15 is 0 Å². The Balaban J connectivity index is 2.18. The van der Waals surface area contributed by atoms with Gasteiger partial charge in [-0.25, -0.2) is 0 Å². The van der Waals surface area contributed by atoms with Crippen molar-refractivity contribution in [2.75, 3.05) is 5.32 Å². The first-order valence-corrected chi connectivity index (χ1v) is 5.69. The molecule has 2 aromatic carbocycles. The van der Waals surface area contributed by atoms with Crippen molar-refractivity contribution in [2.45, 2.75) is 13.5 Å². The number of benzene rings is 2. The number of rotatable bonds is 4. The minimum Gasteiger partial charge on any atom is -0.375 e. The minimum absolute atomic E-state index is 0.108. The van der Waals surface area contributed by atoms with Gasteiger partial charge in [0.1, 0.15) is 5.69 Å². The molecule has 0 saturated heterocycles. The molecule has 0 amide bonds. The first-order valence-electron chi connectivity index (χ1n) is 5.69. The van der Waals surface area contributed by atoms with Crippen LogP contribution < -0.4 is 5.32 Å². The van der Waals surface area contributed by atoms with Gasteiger partial charge in [-0.1, -0.05) is 36.4 Å². The van der Waals surface area contributed by atoms with Gasteiger partial charge in [0.2, 0.25) is 0 Å². The second kappa shape index (κ2) is 5.31. The summed E-state index contributed by atoms with van der Waals surface area (Å²) in [7, 11) is 0. The quantitative estimate of drug-likeness (QED) is 0.659. The van der Waals surface area contributed by atoms with Crippen molar-refractivity contribution in [3.63, 3.8) is 0 Å². The Bertz CT molecular complexity index is 553. The van der Waals surface area contributed by atoms with E-state index < -0.39 is 0 Å². The molecular weight excluding hydrogens is 228 g/mol. The van der Waals surface area contributed by atoms with E-state index in [-0.39, 0.29) is 10.6 Å². The van der Waals surface area contributed by atoms with Crippen LogP contribution in [0.5, 0.6) is 0 Å². The topological polar surface area (TPSA) is 55.2 Å². The average molecular weight is 242 g/mol. The standard InChI is InChI=1S/C14H14N2O2/c1-11-7-8-14(16(17)18)13(9-11)15-10-12-5-3-2-4-6-12/h2-9,15H,10H2,1H3. The van der Waals surface area contributed by atoms with Crippen molar-refractivity contribution in [2.24, 2.45) is 0 Å². The molecule has 92 valence electrons. The van der Waals surface area contributed by atoms with Gasteiger partial charge in [0.25, 0.3) is 5.69 Å². The Morgan fingerprint density at radius 3 is 2.56 bits per heavy atom. The Hall–Kier alpha value is -2.36. The van der Waals surface area contributed by atoms with Gasteiger partial charge in [-0.05, 0) is 24.1 Å². The third-order valence-corrected chi connectivity index (χ3v) is 2.67. The SMILES string of the molecule is Cc1ccc([N+](=O)[O-])c(NCc2ccccc2)c1. The van der Waals surface area contributed by atoms with E-state index in [4.69, 9.17) is 0 Å². The number of aryl methyl sites for hydroxylation is 1. The van der Waals surface area contributed by atoms with E-state index in [0.29, 0.717) is 12.2 Å². The second-order valence-corrected chi connectivity index (χ2v) is 4.12.